The molecule has 2 fully saturated rings. The van der Waals surface area contributed by atoms with E-state index in [0.717, 1.165) is 0 Å². The molecule has 0 aromatic heterocycles. The van der Waals surface area contributed by atoms with E-state index in [9.17, 15) is 15.0 Å². The number of carboxylic acid groups (broad SMARTS) is 1. The lowest BCUT2D eigenvalue weighted by Crippen LogP contribution is -2.40. The first-order valence-corrected chi connectivity index (χ1v) is 6.58. The Morgan fingerprint density at radius 1 is 1.06 bits per heavy atom. The van der Waals surface area contributed by atoms with Crippen molar-refractivity contribution in [3.05, 3.63) is 0 Å². The Kier molecular flexibility index (Phi) is 2.63. The van der Waals surface area contributed by atoms with Gasteiger partial charge in [0.05, 0.1) is 11.5 Å². The van der Waals surface area contributed by atoms with Crippen molar-refractivity contribution in [3.8, 4) is 0 Å². The van der Waals surface area contributed by atoms with E-state index in [4.69, 9.17) is 0 Å². The van der Waals surface area contributed by atoms with Gasteiger partial charge in [-0.2, -0.15) is 0 Å². The zero-order valence-electron chi connectivity index (χ0n) is 11.3. The van der Waals surface area contributed by atoms with Gasteiger partial charge in [0.25, 0.3) is 0 Å². The predicted molar refractivity (Wildman–Crippen MR) is 65.6 cm³/mol. The fourth-order valence-electron chi connectivity index (χ4n) is 4.32. The first-order valence-electron chi connectivity index (χ1n) is 6.58. The molecule has 98 valence electrons. The van der Waals surface area contributed by atoms with E-state index in [0.29, 0.717) is 25.7 Å². The van der Waals surface area contributed by atoms with Crippen LogP contribution in [-0.2, 0) is 4.79 Å². The maximum Gasteiger partial charge on any atom is 0.309 e. The smallest absolute Gasteiger partial charge is 0.309 e. The van der Waals surface area contributed by atoms with E-state index in [-0.39, 0.29) is 22.9 Å². The summed E-state index contributed by atoms with van der Waals surface area (Å²) in [6.45, 7) is 8.70. The highest BCUT2D eigenvalue weighted by Crippen LogP contribution is 2.76. The van der Waals surface area contributed by atoms with Crippen molar-refractivity contribution in [2.75, 3.05) is 0 Å². The van der Waals surface area contributed by atoms with Gasteiger partial charge in [-0.05, 0) is 42.4 Å². The Labute approximate surface area is 103 Å². The second-order valence-corrected chi connectivity index (χ2v) is 7.07. The molecule has 0 unspecified atom stereocenters. The minimum atomic E-state index is -0.659. The summed E-state index contributed by atoms with van der Waals surface area (Å²) in [5.74, 6) is -0.430. The number of rotatable bonds is 2. The largest absolute Gasteiger partial charge is 0.481 e. The molecule has 0 amide bonds. The van der Waals surface area contributed by atoms with Crippen LogP contribution in [0.5, 0.6) is 0 Å². The van der Waals surface area contributed by atoms with Crippen molar-refractivity contribution >= 4 is 5.97 Å². The summed E-state index contributed by atoms with van der Waals surface area (Å²) >= 11 is 0. The fourth-order valence-corrected chi connectivity index (χ4v) is 4.32. The highest BCUT2D eigenvalue weighted by Gasteiger charge is 2.73. The molecule has 0 saturated heterocycles. The lowest BCUT2D eigenvalue weighted by Gasteiger charge is -2.37. The van der Waals surface area contributed by atoms with Crippen LogP contribution in [0.15, 0.2) is 0 Å². The lowest BCUT2D eigenvalue weighted by atomic mass is 9.67. The third-order valence-electron chi connectivity index (χ3n) is 5.85. The van der Waals surface area contributed by atoms with E-state index in [1.54, 1.807) is 0 Å². The molecule has 2 aliphatic rings. The summed E-state index contributed by atoms with van der Waals surface area (Å²) in [4.78, 5) is 11.8. The van der Waals surface area contributed by atoms with Crippen molar-refractivity contribution < 1.29 is 15.0 Å². The molecule has 2 N–H and O–H groups in total. The highest BCUT2D eigenvalue weighted by molar-refractivity contribution is 5.76. The maximum absolute atomic E-state index is 11.8. The van der Waals surface area contributed by atoms with Gasteiger partial charge >= 0.3 is 5.97 Å². The van der Waals surface area contributed by atoms with Gasteiger partial charge in [0.1, 0.15) is 0 Å². The Bertz CT molecular complexity index is 321. The molecular weight excluding hydrogens is 216 g/mol. The summed E-state index contributed by atoms with van der Waals surface area (Å²) in [5, 5.41) is 19.3. The summed E-state index contributed by atoms with van der Waals surface area (Å²) in [5.41, 5.74) is -0.423. The monoisotopic (exact) mass is 240 g/mol. The second-order valence-electron chi connectivity index (χ2n) is 7.07. The number of carboxylic acids is 1. The van der Waals surface area contributed by atoms with Crippen LogP contribution in [0.3, 0.4) is 0 Å². The highest BCUT2D eigenvalue weighted by atomic mass is 16.4. The Morgan fingerprint density at radius 3 is 1.76 bits per heavy atom. The second kappa shape index (κ2) is 3.47. The predicted octanol–water partition coefficient (Wildman–Crippen LogP) is 2.67. The molecule has 3 heteroatoms. The van der Waals surface area contributed by atoms with Gasteiger partial charge in [0, 0.05) is 0 Å². The Hall–Kier alpha value is -0.570. The number of hydrogen-bond donors (Lipinski definition) is 2. The number of aliphatic carboxylic acids is 1. The minimum absolute atomic E-state index is 0.0910. The van der Waals surface area contributed by atoms with Crippen LogP contribution in [0.2, 0.25) is 0 Å². The number of hydrogen-bond acceptors (Lipinski definition) is 2. The van der Waals surface area contributed by atoms with Crippen molar-refractivity contribution in [3.63, 3.8) is 0 Å². The SMILES string of the molecule is CC1(C)C(C2(C(=O)O)CCC(O)CC2)C1(C)C. The third kappa shape index (κ3) is 1.55. The molecule has 3 nitrogen and oxygen atoms in total. The zero-order chi connectivity index (χ0) is 13.1. The van der Waals surface area contributed by atoms with Gasteiger partial charge in [-0.3, -0.25) is 4.79 Å². The topological polar surface area (TPSA) is 57.5 Å². The average molecular weight is 240 g/mol. The van der Waals surface area contributed by atoms with Crippen molar-refractivity contribution in [2.45, 2.75) is 59.5 Å². The van der Waals surface area contributed by atoms with Crippen LogP contribution in [0.1, 0.15) is 53.4 Å². The zero-order valence-corrected chi connectivity index (χ0v) is 11.3. The molecular formula is C14H24O3. The van der Waals surface area contributed by atoms with E-state index in [1.165, 1.54) is 0 Å². The first kappa shape index (κ1) is 12.9. The van der Waals surface area contributed by atoms with Gasteiger partial charge in [0.2, 0.25) is 0 Å². The molecule has 0 spiro atoms. The maximum atomic E-state index is 11.8. The van der Waals surface area contributed by atoms with E-state index in [2.05, 4.69) is 27.7 Å². The number of aliphatic hydroxyl groups excluding tert-OH is 1. The first-order chi connectivity index (χ1) is 7.66. The van der Waals surface area contributed by atoms with Crippen molar-refractivity contribution in [1.82, 2.24) is 0 Å². The molecule has 0 aliphatic heterocycles. The molecule has 0 atom stereocenters. The van der Waals surface area contributed by atoms with Crippen LogP contribution < -0.4 is 0 Å². The van der Waals surface area contributed by atoms with Gasteiger partial charge < -0.3 is 10.2 Å². The van der Waals surface area contributed by atoms with Gasteiger partial charge in [-0.1, -0.05) is 27.7 Å². The van der Waals surface area contributed by atoms with Crippen LogP contribution in [-0.4, -0.2) is 22.3 Å². The summed E-state index contributed by atoms with van der Waals surface area (Å²) < 4.78 is 0. The Balaban J connectivity index is 2.29. The normalized spacial score (nSPS) is 39.9. The van der Waals surface area contributed by atoms with E-state index >= 15 is 0 Å². The molecule has 0 bridgehead atoms. The molecule has 2 aliphatic carbocycles. The molecule has 0 radical (unpaired) electrons. The molecule has 17 heavy (non-hydrogen) atoms. The summed E-state index contributed by atoms with van der Waals surface area (Å²) in [7, 11) is 0. The van der Waals surface area contributed by atoms with Crippen molar-refractivity contribution in [1.29, 1.82) is 0 Å². The molecule has 2 saturated carbocycles. The quantitative estimate of drug-likeness (QED) is 0.780. The lowest BCUT2D eigenvalue weighted by molar-refractivity contribution is -0.155. The molecule has 2 rings (SSSR count). The van der Waals surface area contributed by atoms with Crippen molar-refractivity contribution in [2.24, 2.45) is 22.2 Å². The Morgan fingerprint density at radius 2 is 1.47 bits per heavy atom. The van der Waals surface area contributed by atoms with Crippen LogP contribution in [0.25, 0.3) is 0 Å². The summed E-state index contributed by atoms with van der Waals surface area (Å²) in [6.07, 6.45) is 2.22. The number of aliphatic hydroxyl groups is 1. The van der Waals surface area contributed by atoms with Gasteiger partial charge in [-0.25, -0.2) is 0 Å². The van der Waals surface area contributed by atoms with Gasteiger partial charge in [-0.15, -0.1) is 0 Å². The summed E-state index contributed by atoms with van der Waals surface area (Å²) in [6, 6.07) is 0. The average Bonchev–Trinajstić information content (AvgIpc) is 2.60. The van der Waals surface area contributed by atoms with E-state index < -0.39 is 11.4 Å². The molecule has 0 heterocycles. The minimum Gasteiger partial charge on any atom is -0.481 e. The molecule has 0 aromatic carbocycles. The standard InChI is InChI=1S/C14H24O3/c1-12(2)10(13(12,3)4)14(11(16)17)7-5-9(15)6-8-14/h9-10,15H,5-8H2,1-4H3,(H,16,17). The van der Waals surface area contributed by atoms with E-state index in [1.807, 2.05) is 0 Å². The van der Waals surface area contributed by atoms with Crippen LogP contribution >= 0.6 is 0 Å². The number of carbonyl (C=O) groups is 1. The fraction of sp³-hybridized carbons (Fsp3) is 0.929. The molecule has 0 aromatic rings. The van der Waals surface area contributed by atoms with Gasteiger partial charge in [0.15, 0.2) is 0 Å². The van der Waals surface area contributed by atoms with Crippen LogP contribution in [0, 0.1) is 22.2 Å². The van der Waals surface area contributed by atoms with Crippen LogP contribution in [0.4, 0.5) is 0 Å². The third-order valence-corrected chi connectivity index (χ3v) is 5.85.